The van der Waals surface area contributed by atoms with Crippen molar-refractivity contribution in [3.8, 4) is 5.75 Å². The Balaban J connectivity index is 1.91. The molecule has 3 aromatic rings. The number of aryl methyl sites for hydroxylation is 4. The monoisotopic (exact) mass is 503 g/mol. The van der Waals surface area contributed by atoms with Crippen LogP contribution in [0.15, 0.2) is 69.0 Å². The van der Waals surface area contributed by atoms with Gasteiger partial charge in [-0.3, -0.25) is 0 Å². The summed E-state index contributed by atoms with van der Waals surface area (Å²) in [5.41, 5.74) is 2.39. The highest BCUT2D eigenvalue weighted by molar-refractivity contribution is 6.17. The fourth-order valence-electron chi connectivity index (χ4n) is 4.48. The number of esters is 1. The summed E-state index contributed by atoms with van der Waals surface area (Å²) in [6.45, 7) is 7.45. The Labute approximate surface area is 214 Å². The van der Waals surface area contributed by atoms with Crippen molar-refractivity contribution in [1.29, 1.82) is 0 Å². The third kappa shape index (κ3) is 5.14. The number of hydrogen-bond acceptors (Lipinski definition) is 8. The van der Waals surface area contributed by atoms with E-state index in [0.717, 1.165) is 22.3 Å². The molecule has 4 rings (SSSR count). The highest BCUT2D eigenvalue weighted by atomic mass is 16.5. The zero-order valence-corrected chi connectivity index (χ0v) is 21.7. The number of aromatic nitrogens is 1. The molecule has 0 fully saturated rings. The summed E-state index contributed by atoms with van der Waals surface area (Å²) in [7, 11) is 2.97. The lowest BCUT2D eigenvalue weighted by Gasteiger charge is -2.23. The maximum Gasteiger partial charge on any atom is 0.363 e. The first-order valence-electron chi connectivity index (χ1n) is 11.8. The Bertz CT molecular complexity index is 1520. The Kier molecular flexibility index (Phi) is 7.20. The van der Waals surface area contributed by atoms with Gasteiger partial charge in [-0.25, -0.2) is 14.6 Å². The fourth-order valence-corrected chi connectivity index (χ4v) is 4.48. The molecule has 0 radical (unpaired) electrons. The van der Waals surface area contributed by atoms with Gasteiger partial charge in [-0.1, -0.05) is 23.8 Å². The van der Waals surface area contributed by atoms with Gasteiger partial charge >= 0.3 is 11.6 Å². The first kappa shape index (κ1) is 25.8. The third-order valence-corrected chi connectivity index (χ3v) is 6.22. The van der Waals surface area contributed by atoms with Crippen molar-refractivity contribution < 1.29 is 28.5 Å². The number of ether oxygens (including phenoxy) is 3. The van der Waals surface area contributed by atoms with Crippen LogP contribution in [0.25, 0.3) is 16.7 Å². The number of fused-ring (bicyclic) bond motifs is 1. The van der Waals surface area contributed by atoms with Gasteiger partial charge in [0.1, 0.15) is 34.1 Å². The normalized spacial score (nSPS) is 16.0. The van der Waals surface area contributed by atoms with E-state index < -0.39 is 28.8 Å². The molecule has 0 aliphatic heterocycles. The molecule has 1 aromatic heterocycles. The van der Waals surface area contributed by atoms with E-state index in [2.05, 4.69) is 4.98 Å². The Morgan fingerprint density at radius 1 is 1.03 bits per heavy atom. The molecule has 192 valence electrons. The number of carbonyl (C=O) groups excluding carboxylic acids is 1. The van der Waals surface area contributed by atoms with E-state index >= 15 is 0 Å². The van der Waals surface area contributed by atoms with Gasteiger partial charge in [-0.05, 0) is 69.0 Å². The molecule has 0 saturated carbocycles. The Morgan fingerprint density at radius 2 is 1.73 bits per heavy atom. The van der Waals surface area contributed by atoms with Gasteiger partial charge in [0, 0.05) is 6.08 Å². The summed E-state index contributed by atoms with van der Waals surface area (Å²) in [6, 6.07) is 8.91. The lowest BCUT2D eigenvalue weighted by atomic mass is 9.92. The van der Waals surface area contributed by atoms with Crippen molar-refractivity contribution >= 4 is 22.6 Å². The van der Waals surface area contributed by atoms with E-state index in [1.54, 1.807) is 30.4 Å². The standard InChI is InChI=1S/C29H29NO7/c1-15-7-10-22-21(13-15)30-25(29(33)36-22)24(26(31)20-9-8-19(34-5)14-23(20)35-6)28(32)37-27-17(3)11-16(2)12-18(27)4/h7-8,10-14,20,31H,9H2,1-6H3. The lowest BCUT2D eigenvalue weighted by molar-refractivity contribution is -0.128. The highest BCUT2D eigenvalue weighted by Crippen LogP contribution is 2.35. The average Bonchev–Trinajstić information content (AvgIpc) is 2.86. The van der Waals surface area contributed by atoms with Gasteiger partial charge in [0.15, 0.2) is 11.3 Å². The van der Waals surface area contributed by atoms with Crippen LogP contribution in [0.1, 0.15) is 34.4 Å². The first-order chi connectivity index (χ1) is 17.6. The van der Waals surface area contributed by atoms with Crippen LogP contribution in [0, 0.1) is 33.6 Å². The zero-order valence-electron chi connectivity index (χ0n) is 21.7. The maximum atomic E-state index is 13.7. The number of hydrogen-bond donors (Lipinski definition) is 1. The minimum absolute atomic E-state index is 0.256. The summed E-state index contributed by atoms with van der Waals surface area (Å²) < 4.78 is 22.0. The second-order valence-electron chi connectivity index (χ2n) is 9.05. The SMILES string of the molecule is COC1=CCC(C(O)=C(C(=O)Oc2c(C)cc(C)cc2C)c2nc3cc(C)ccc3oc2=O)C(OC)=C1. The van der Waals surface area contributed by atoms with Gasteiger partial charge in [0.2, 0.25) is 0 Å². The topological polar surface area (TPSA) is 108 Å². The van der Waals surface area contributed by atoms with Crippen LogP contribution in [-0.2, 0) is 14.3 Å². The van der Waals surface area contributed by atoms with Gasteiger partial charge in [0.25, 0.3) is 0 Å². The largest absolute Gasteiger partial charge is 0.511 e. The summed E-state index contributed by atoms with van der Waals surface area (Å²) in [5.74, 6) is -0.883. The summed E-state index contributed by atoms with van der Waals surface area (Å²) in [6.07, 6.45) is 3.62. The van der Waals surface area contributed by atoms with Gasteiger partial charge < -0.3 is 23.7 Å². The molecule has 8 nitrogen and oxygen atoms in total. The fraction of sp³-hybridized carbons (Fsp3) is 0.276. The smallest absolute Gasteiger partial charge is 0.363 e. The summed E-state index contributed by atoms with van der Waals surface area (Å²) >= 11 is 0. The third-order valence-electron chi connectivity index (χ3n) is 6.22. The number of carbonyl (C=O) groups is 1. The van der Waals surface area contributed by atoms with Crippen molar-refractivity contribution in [3.05, 3.63) is 98.1 Å². The molecule has 0 bridgehead atoms. The van der Waals surface area contributed by atoms with Crippen molar-refractivity contribution in [2.75, 3.05) is 14.2 Å². The van der Waals surface area contributed by atoms with E-state index in [4.69, 9.17) is 18.6 Å². The molecular formula is C29H29NO7. The summed E-state index contributed by atoms with van der Waals surface area (Å²) in [5, 5.41) is 11.5. The molecule has 1 aliphatic carbocycles. The average molecular weight is 504 g/mol. The van der Waals surface area contributed by atoms with E-state index in [0.29, 0.717) is 22.8 Å². The van der Waals surface area contributed by atoms with E-state index in [9.17, 15) is 14.7 Å². The number of rotatable bonds is 6. The van der Waals surface area contributed by atoms with Crippen LogP contribution in [0.2, 0.25) is 0 Å². The van der Waals surface area contributed by atoms with Gasteiger partial charge in [-0.2, -0.15) is 0 Å². The molecule has 1 unspecified atom stereocenters. The molecule has 0 amide bonds. The van der Waals surface area contributed by atoms with Crippen molar-refractivity contribution in [1.82, 2.24) is 4.98 Å². The van der Waals surface area contributed by atoms with Crippen molar-refractivity contribution in [2.24, 2.45) is 5.92 Å². The molecule has 1 atom stereocenters. The zero-order chi connectivity index (χ0) is 26.9. The predicted octanol–water partition coefficient (Wildman–Crippen LogP) is 5.38. The van der Waals surface area contributed by atoms with Crippen LogP contribution in [-0.4, -0.2) is 30.3 Å². The number of benzene rings is 2. The van der Waals surface area contributed by atoms with Crippen LogP contribution in [0.4, 0.5) is 0 Å². The number of aliphatic hydroxyl groups excluding tert-OH is 1. The van der Waals surface area contributed by atoms with Crippen molar-refractivity contribution in [2.45, 2.75) is 34.1 Å². The summed E-state index contributed by atoms with van der Waals surface area (Å²) in [4.78, 5) is 31.2. The highest BCUT2D eigenvalue weighted by Gasteiger charge is 2.33. The molecule has 0 spiro atoms. The first-order valence-corrected chi connectivity index (χ1v) is 11.8. The predicted molar refractivity (Wildman–Crippen MR) is 139 cm³/mol. The second-order valence-corrected chi connectivity index (χ2v) is 9.05. The number of methoxy groups -OCH3 is 2. The van der Waals surface area contributed by atoms with Crippen molar-refractivity contribution in [3.63, 3.8) is 0 Å². The molecular weight excluding hydrogens is 474 g/mol. The lowest BCUT2D eigenvalue weighted by Crippen LogP contribution is -2.24. The molecule has 37 heavy (non-hydrogen) atoms. The number of allylic oxidation sites excluding steroid dienone is 2. The van der Waals surface area contributed by atoms with Gasteiger partial charge in [0.05, 0.1) is 20.1 Å². The van der Waals surface area contributed by atoms with E-state index in [-0.39, 0.29) is 17.7 Å². The quantitative estimate of drug-likeness (QED) is 0.207. The van der Waals surface area contributed by atoms with Crippen LogP contribution in [0.5, 0.6) is 5.75 Å². The molecule has 1 aliphatic rings. The molecule has 1 heterocycles. The molecule has 1 N–H and O–H groups in total. The minimum atomic E-state index is -0.934. The minimum Gasteiger partial charge on any atom is -0.511 e. The molecule has 2 aromatic carbocycles. The maximum absolute atomic E-state index is 13.7. The second kappa shape index (κ2) is 10.3. The Hall–Kier alpha value is -4.33. The molecule has 8 heteroatoms. The number of nitrogens with zero attached hydrogens (tertiary/aromatic N) is 1. The van der Waals surface area contributed by atoms with Crippen LogP contribution >= 0.6 is 0 Å². The molecule has 0 saturated heterocycles. The van der Waals surface area contributed by atoms with Crippen LogP contribution in [0.3, 0.4) is 0 Å². The van der Waals surface area contributed by atoms with Crippen LogP contribution < -0.4 is 10.4 Å². The van der Waals surface area contributed by atoms with E-state index in [1.165, 1.54) is 14.2 Å². The van der Waals surface area contributed by atoms with E-state index in [1.807, 2.05) is 39.8 Å². The van der Waals surface area contributed by atoms with Gasteiger partial charge in [-0.15, -0.1) is 0 Å². The Morgan fingerprint density at radius 3 is 2.38 bits per heavy atom. The number of aliphatic hydroxyl groups is 1.